The third-order valence-corrected chi connectivity index (χ3v) is 3.20. The predicted octanol–water partition coefficient (Wildman–Crippen LogP) is 3.51. The molecule has 2 aromatic carbocycles. The van der Waals surface area contributed by atoms with Crippen molar-refractivity contribution in [1.82, 2.24) is 0 Å². The summed E-state index contributed by atoms with van der Waals surface area (Å²) in [5.74, 6) is 0.312. The second kappa shape index (κ2) is 6.35. The molecule has 0 saturated heterocycles. The Morgan fingerprint density at radius 3 is 2.67 bits per heavy atom. The van der Waals surface area contributed by atoms with Crippen LogP contribution in [0.2, 0.25) is 0 Å². The largest absolute Gasteiger partial charge is 0.450 e. The summed E-state index contributed by atoms with van der Waals surface area (Å²) in [4.78, 5) is 10.4. The minimum absolute atomic E-state index is 0.00630. The Hall–Kier alpha value is -2.43. The lowest BCUT2D eigenvalue weighted by molar-refractivity contribution is -0.385. The van der Waals surface area contributed by atoms with Gasteiger partial charge in [0.25, 0.3) is 0 Å². The Bertz CT molecular complexity index is 740. The van der Waals surface area contributed by atoms with Crippen LogP contribution in [0.15, 0.2) is 40.9 Å². The quantitative estimate of drug-likeness (QED) is 0.673. The SMILES string of the molecule is N#Cc1ccc(Oc2cc(Br)ccc2CO)c([N+](=O)[O-])c1. The number of ether oxygens (including phenoxy) is 1. The highest BCUT2D eigenvalue weighted by Crippen LogP contribution is 2.34. The minimum atomic E-state index is -0.618. The Morgan fingerprint density at radius 1 is 1.29 bits per heavy atom. The van der Waals surface area contributed by atoms with E-state index in [4.69, 9.17) is 10.00 Å². The highest BCUT2D eigenvalue weighted by molar-refractivity contribution is 9.10. The Labute approximate surface area is 128 Å². The number of halogens is 1. The third-order valence-electron chi connectivity index (χ3n) is 2.70. The maximum Gasteiger partial charge on any atom is 0.312 e. The highest BCUT2D eigenvalue weighted by Gasteiger charge is 2.18. The van der Waals surface area contributed by atoms with Gasteiger partial charge in [0.05, 0.1) is 23.2 Å². The standard InChI is InChI=1S/C14H9BrN2O4/c15-11-3-2-10(8-18)14(6-11)21-13-4-1-9(7-16)5-12(13)17(19)20/h1-6,18H,8H2. The number of nitro benzene ring substituents is 1. The average Bonchev–Trinajstić information content (AvgIpc) is 2.47. The summed E-state index contributed by atoms with van der Waals surface area (Å²) in [7, 11) is 0. The Kier molecular flexibility index (Phi) is 4.52. The minimum Gasteiger partial charge on any atom is -0.450 e. The summed E-state index contributed by atoms with van der Waals surface area (Å²) in [5, 5.41) is 29.1. The van der Waals surface area contributed by atoms with Gasteiger partial charge in [0.15, 0.2) is 0 Å². The van der Waals surface area contributed by atoms with Gasteiger partial charge < -0.3 is 9.84 Å². The van der Waals surface area contributed by atoms with Gasteiger partial charge in [-0.25, -0.2) is 0 Å². The van der Waals surface area contributed by atoms with Gasteiger partial charge in [0, 0.05) is 16.1 Å². The Balaban J connectivity index is 2.47. The van der Waals surface area contributed by atoms with Gasteiger partial charge in [-0.05, 0) is 24.3 Å². The Morgan fingerprint density at radius 2 is 2.05 bits per heavy atom. The molecule has 0 spiro atoms. The number of nitriles is 1. The summed E-state index contributed by atoms with van der Waals surface area (Å²) < 4.78 is 6.25. The van der Waals surface area contributed by atoms with Gasteiger partial charge >= 0.3 is 5.69 Å². The zero-order valence-corrected chi connectivity index (χ0v) is 12.2. The van der Waals surface area contributed by atoms with Crippen LogP contribution in [0.3, 0.4) is 0 Å². The molecule has 0 heterocycles. The molecule has 7 heteroatoms. The van der Waals surface area contributed by atoms with Gasteiger partial charge in [-0.3, -0.25) is 10.1 Å². The number of nitrogens with zero attached hydrogens (tertiary/aromatic N) is 2. The zero-order valence-electron chi connectivity index (χ0n) is 10.6. The van der Waals surface area contributed by atoms with Crippen molar-refractivity contribution in [2.75, 3.05) is 0 Å². The number of aliphatic hydroxyl groups excluding tert-OH is 1. The van der Waals surface area contributed by atoms with Gasteiger partial charge in [-0.2, -0.15) is 5.26 Å². The van der Waals surface area contributed by atoms with E-state index < -0.39 is 4.92 Å². The van der Waals surface area contributed by atoms with Crippen molar-refractivity contribution in [2.45, 2.75) is 6.61 Å². The van der Waals surface area contributed by atoms with Gasteiger partial charge in [-0.1, -0.05) is 22.0 Å². The molecule has 0 amide bonds. The molecule has 0 aromatic heterocycles. The van der Waals surface area contributed by atoms with E-state index in [0.717, 1.165) is 6.07 Å². The first-order valence-corrected chi connectivity index (χ1v) is 6.60. The lowest BCUT2D eigenvalue weighted by Gasteiger charge is -2.10. The fourth-order valence-electron chi connectivity index (χ4n) is 1.69. The van der Waals surface area contributed by atoms with Crippen LogP contribution >= 0.6 is 15.9 Å². The van der Waals surface area contributed by atoms with Crippen molar-refractivity contribution >= 4 is 21.6 Å². The summed E-state index contributed by atoms with van der Waals surface area (Å²) in [6.45, 7) is -0.257. The van der Waals surface area contributed by atoms with Crippen molar-refractivity contribution in [3.63, 3.8) is 0 Å². The molecule has 0 atom stereocenters. The smallest absolute Gasteiger partial charge is 0.312 e. The van der Waals surface area contributed by atoms with Gasteiger partial charge in [0.1, 0.15) is 5.75 Å². The molecule has 0 bridgehead atoms. The topological polar surface area (TPSA) is 96.4 Å². The van der Waals surface area contributed by atoms with E-state index in [2.05, 4.69) is 15.9 Å². The molecule has 2 rings (SSSR count). The first-order valence-electron chi connectivity index (χ1n) is 5.81. The molecule has 2 aromatic rings. The number of nitro groups is 1. The normalized spacial score (nSPS) is 9.95. The van der Waals surface area contributed by atoms with Gasteiger partial charge in [-0.15, -0.1) is 0 Å². The second-order valence-electron chi connectivity index (χ2n) is 4.06. The van der Waals surface area contributed by atoms with Crippen LogP contribution in [-0.4, -0.2) is 10.0 Å². The average molecular weight is 349 g/mol. The first-order chi connectivity index (χ1) is 10.0. The van der Waals surface area contributed by atoms with Gasteiger partial charge in [0.2, 0.25) is 5.75 Å². The van der Waals surface area contributed by atoms with Crippen LogP contribution in [0.1, 0.15) is 11.1 Å². The molecule has 0 radical (unpaired) electrons. The van der Waals surface area contributed by atoms with E-state index in [1.807, 2.05) is 6.07 Å². The number of hydrogen-bond donors (Lipinski definition) is 1. The highest BCUT2D eigenvalue weighted by atomic mass is 79.9. The molecule has 106 valence electrons. The molecule has 1 N–H and O–H groups in total. The monoisotopic (exact) mass is 348 g/mol. The van der Waals surface area contributed by atoms with Crippen molar-refractivity contribution in [2.24, 2.45) is 0 Å². The lowest BCUT2D eigenvalue weighted by Crippen LogP contribution is -1.97. The maximum absolute atomic E-state index is 11.1. The maximum atomic E-state index is 11.1. The first kappa shape index (κ1) is 15.0. The lowest BCUT2D eigenvalue weighted by atomic mass is 10.2. The van der Waals surface area contributed by atoms with Crippen molar-refractivity contribution in [3.05, 3.63) is 62.1 Å². The second-order valence-corrected chi connectivity index (χ2v) is 4.98. The van der Waals surface area contributed by atoms with Crippen LogP contribution in [0.5, 0.6) is 11.5 Å². The molecule has 0 unspecified atom stereocenters. The molecule has 0 aliphatic carbocycles. The van der Waals surface area contributed by atoms with E-state index in [9.17, 15) is 15.2 Å². The van der Waals surface area contributed by atoms with Crippen molar-refractivity contribution in [1.29, 1.82) is 5.26 Å². The number of hydrogen-bond acceptors (Lipinski definition) is 5. The number of benzene rings is 2. The number of aliphatic hydroxyl groups is 1. The zero-order chi connectivity index (χ0) is 15.4. The van der Waals surface area contributed by atoms with Crippen LogP contribution in [0.4, 0.5) is 5.69 Å². The summed E-state index contributed by atoms with van der Waals surface area (Å²) in [5.41, 5.74) is 0.362. The molecule has 0 aliphatic rings. The molecule has 0 aliphatic heterocycles. The molecule has 0 fully saturated rings. The van der Waals surface area contributed by atoms with E-state index in [1.165, 1.54) is 12.1 Å². The van der Waals surface area contributed by atoms with E-state index in [-0.39, 0.29) is 23.6 Å². The van der Waals surface area contributed by atoms with E-state index >= 15 is 0 Å². The van der Waals surface area contributed by atoms with Crippen LogP contribution in [0, 0.1) is 21.4 Å². The molecule has 21 heavy (non-hydrogen) atoms. The van der Waals surface area contributed by atoms with Crippen LogP contribution in [-0.2, 0) is 6.61 Å². The van der Waals surface area contributed by atoms with Crippen LogP contribution < -0.4 is 4.74 Å². The third kappa shape index (κ3) is 3.37. The molecule has 6 nitrogen and oxygen atoms in total. The molecule has 0 saturated carbocycles. The summed E-state index contributed by atoms with van der Waals surface area (Å²) >= 11 is 3.27. The van der Waals surface area contributed by atoms with E-state index in [1.54, 1.807) is 18.2 Å². The van der Waals surface area contributed by atoms with Crippen LogP contribution in [0.25, 0.3) is 0 Å². The van der Waals surface area contributed by atoms with Crippen molar-refractivity contribution in [3.8, 4) is 17.6 Å². The summed E-state index contributed by atoms with van der Waals surface area (Å²) in [6, 6.07) is 10.8. The fraction of sp³-hybridized carbons (Fsp3) is 0.0714. The molecular weight excluding hydrogens is 340 g/mol. The predicted molar refractivity (Wildman–Crippen MR) is 78.0 cm³/mol. The van der Waals surface area contributed by atoms with E-state index in [0.29, 0.717) is 15.8 Å². The molecular formula is C14H9BrN2O4. The fourth-order valence-corrected chi connectivity index (χ4v) is 2.03. The summed E-state index contributed by atoms with van der Waals surface area (Å²) in [6.07, 6.45) is 0. The number of rotatable bonds is 4. The van der Waals surface area contributed by atoms with Crippen molar-refractivity contribution < 1.29 is 14.8 Å².